The Morgan fingerprint density at radius 1 is 1.12 bits per heavy atom. The van der Waals surface area contributed by atoms with E-state index < -0.39 is 34.1 Å². The number of rotatable bonds is 7. The van der Waals surface area contributed by atoms with E-state index in [1.165, 1.54) is 42.7 Å². The van der Waals surface area contributed by atoms with Gasteiger partial charge in [-0.2, -0.15) is 9.40 Å². The number of nitrogens with one attached hydrogen (secondary N) is 1. The molecule has 1 fully saturated rings. The van der Waals surface area contributed by atoms with Gasteiger partial charge >= 0.3 is 5.97 Å². The Morgan fingerprint density at radius 3 is 2.50 bits per heavy atom. The number of methoxy groups -OCH3 is 1. The number of piperidine rings is 1. The van der Waals surface area contributed by atoms with Crippen LogP contribution in [0.5, 0.6) is 5.75 Å². The molecule has 0 saturated carbocycles. The SMILES string of the molecule is COc1ccc(NC(=O)COC(=O)c2ccc(=O)n(C)n2)cc1S(=O)(=O)N1CCCCC1. The van der Waals surface area contributed by atoms with E-state index in [1.54, 1.807) is 0 Å². The van der Waals surface area contributed by atoms with Gasteiger partial charge in [-0.3, -0.25) is 9.59 Å². The molecule has 11 nitrogen and oxygen atoms in total. The van der Waals surface area contributed by atoms with Crippen molar-refractivity contribution in [2.45, 2.75) is 24.2 Å². The molecule has 0 atom stereocenters. The summed E-state index contributed by atoms with van der Waals surface area (Å²) in [5, 5.41) is 6.26. The summed E-state index contributed by atoms with van der Waals surface area (Å²) < 4.78 is 38.6. The first-order valence-corrected chi connectivity index (χ1v) is 11.4. The highest BCUT2D eigenvalue weighted by Crippen LogP contribution is 2.31. The monoisotopic (exact) mass is 464 g/mol. The van der Waals surface area contributed by atoms with Gasteiger partial charge in [0.25, 0.3) is 11.5 Å². The number of hydrogen-bond acceptors (Lipinski definition) is 8. The Kier molecular flexibility index (Phi) is 7.26. The second-order valence-corrected chi connectivity index (χ2v) is 9.04. The summed E-state index contributed by atoms with van der Waals surface area (Å²) in [6, 6.07) is 6.61. The zero-order valence-corrected chi connectivity index (χ0v) is 18.6. The van der Waals surface area contributed by atoms with Crippen molar-refractivity contribution in [1.82, 2.24) is 14.1 Å². The topological polar surface area (TPSA) is 137 Å². The quantitative estimate of drug-likeness (QED) is 0.593. The molecule has 0 spiro atoms. The molecule has 1 aliphatic heterocycles. The second kappa shape index (κ2) is 9.92. The van der Waals surface area contributed by atoms with Gasteiger partial charge in [0.1, 0.15) is 10.6 Å². The largest absolute Gasteiger partial charge is 0.495 e. The van der Waals surface area contributed by atoms with Crippen molar-refractivity contribution in [3.8, 4) is 5.75 Å². The Bertz CT molecular complexity index is 1170. The maximum Gasteiger partial charge on any atom is 0.359 e. The lowest BCUT2D eigenvalue weighted by atomic mass is 10.2. The molecule has 3 rings (SSSR count). The number of nitrogens with zero attached hydrogens (tertiary/aromatic N) is 3. The molecule has 2 heterocycles. The molecule has 0 radical (unpaired) electrons. The third-order valence-corrected chi connectivity index (χ3v) is 6.80. The van der Waals surface area contributed by atoms with Crippen molar-refractivity contribution >= 4 is 27.6 Å². The molecule has 12 heteroatoms. The van der Waals surface area contributed by atoms with Crippen LogP contribution in [0.15, 0.2) is 40.0 Å². The van der Waals surface area contributed by atoms with E-state index in [1.807, 2.05) is 0 Å². The Morgan fingerprint density at radius 2 is 1.84 bits per heavy atom. The van der Waals surface area contributed by atoms with Crippen molar-refractivity contribution in [2.24, 2.45) is 7.05 Å². The minimum atomic E-state index is -3.80. The second-order valence-electron chi connectivity index (χ2n) is 7.14. The lowest BCUT2D eigenvalue weighted by Crippen LogP contribution is -2.35. The van der Waals surface area contributed by atoms with Gasteiger partial charge in [-0.05, 0) is 37.1 Å². The molecule has 2 aromatic rings. The van der Waals surface area contributed by atoms with E-state index in [9.17, 15) is 22.8 Å². The van der Waals surface area contributed by atoms with Crippen molar-refractivity contribution in [2.75, 3.05) is 32.1 Å². The van der Waals surface area contributed by atoms with Crippen molar-refractivity contribution in [3.63, 3.8) is 0 Å². The molecule has 1 aliphatic rings. The summed E-state index contributed by atoms with van der Waals surface area (Å²) >= 11 is 0. The lowest BCUT2D eigenvalue weighted by Gasteiger charge is -2.26. The van der Waals surface area contributed by atoms with Crippen LogP contribution in [-0.2, 0) is 26.6 Å². The van der Waals surface area contributed by atoms with Gasteiger partial charge < -0.3 is 14.8 Å². The predicted molar refractivity (Wildman–Crippen MR) is 114 cm³/mol. The van der Waals surface area contributed by atoms with E-state index in [2.05, 4.69) is 10.4 Å². The summed E-state index contributed by atoms with van der Waals surface area (Å²) in [6.45, 7) is 0.234. The van der Waals surface area contributed by atoms with Gasteiger partial charge in [0.05, 0.1) is 7.11 Å². The first kappa shape index (κ1) is 23.4. The highest BCUT2D eigenvalue weighted by Gasteiger charge is 2.29. The van der Waals surface area contributed by atoms with E-state index in [4.69, 9.17) is 9.47 Å². The molecule has 1 amide bonds. The first-order valence-electron chi connectivity index (χ1n) is 9.92. The molecule has 1 N–H and O–H groups in total. The average Bonchev–Trinajstić information content (AvgIpc) is 2.79. The summed E-state index contributed by atoms with van der Waals surface area (Å²) in [5.41, 5.74) is -0.309. The van der Waals surface area contributed by atoms with Gasteiger partial charge in [-0.25, -0.2) is 17.9 Å². The third kappa shape index (κ3) is 5.32. The minimum Gasteiger partial charge on any atom is -0.495 e. The fourth-order valence-corrected chi connectivity index (χ4v) is 4.91. The van der Waals surface area contributed by atoms with Crippen LogP contribution in [-0.4, -0.2) is 61.2 Å². The number of amides is 1. The number of benzene rings is 1. The van der Waals surface area contributed by atoms with Gasteiger partial charge in [-0.15, -0.1) is 0 Å². The zero-order valence-electron chi connectivity index (χ0n) is 17.7. The van der Waals surface area contributed by atoms with Gasteiger partial charge in [0.15, 0.2) is 12.3 Å². The molecule has 0 bridgehead atoms. The Labute approximate surface area is 185 Å². The third-order valence-electron chi connectivity index (χ3n) is 4.88. The number of anilines is 1. The maximum atomic E-state index is 13.1. The number of carbonyl (C=O) groups excluding carboxylic acids is 2. The minimum absolute atomic E-state index is 0.0499. The number of esters is 1. The highest BCUT2D eigenvalue weighted by atomic mass is 32.2. The molecule has 1 aromatic carbocycles. The molecule has 172 valence electrons. The molecule has 0 unspecified atom stereocenters. The lowest BCUT2D eigenvalue weighted by molar-refractivity contribution is -0.119. The average molecular weight is 465 g/mol. The van der Waals surface area contributed by atoms with Crippen LogP contribution in [0.4, 0.5) is 5.69 Å². The van der Waals surface area contributed by atoms with Crippen molar-refractivity contribution in [3.05, 3.63) is 46.4 Å². The van der Waals surface area contributed by atoms with Crippen LogP contribution < -0.4 is 15.6 Å². The summed E-state index contributed by atoms with van der Waals surface area (Å²) in [6.07, 6.45) is 2.55. The standard InChI is InChI=1S/C20H24N4O7S/c1-23-19(26)9-7-15(22-23)20(27)31-13-18(25)21-14-6-8-16(30-2)17(12-14)32(28,29)24-10-4-3-5-11-24/h6-9,12H,3-5,10-11,13H2,1-2H3,(H,21,25). The number of ether oxygens (including phenoxy) is 2. The summed E-state index contributed by atoms with van der Waals surface area (Å²) in [5.74, 6) is -1.38. The number of sulfonamides is 1. The van der Waals surface area contributed by atoms with Crippen molar-refractivity contribution < 1.29 is 27.5 Å². The van der Waals surface area contributed by atoms with E-state index in [0.717, 1.165) is 30.0 Å². The van der Waals surface area contributed by atoms with Crippen LogP contribution in [0.2, 0.25) is 0 Å². The first-order chi connectivity index (χ1) is 15.2. The molecular weight excluding hydrogens is 440 g/mol. The number of aromatic nitrogens is 2. The predicted octanol–water partition coefficient (Wildman–Crippen LogP) is 0.759. The molecular formula is C20H24N4O7S. The molecule has 1 aromatic heterocycles. The Balaban J connectivity index is 1.69. The Hall–Kier alpha value is -3.25. The van der Waals surface area contributed by atoms with Gasteiger partial charge in [-0.1, -0.05) is 6.42 Å². The van der Waals surface area contributed by atoms with E-state index >= 15 is 0 Å². The fourth-order valence-electron chi connectivity index (χ4n) is 3.21. The van der Waals surface area contributed by atoms with Crippen LogP contribution in [0, 0.1) is 0 Å². The van der Waals surface area contributed by atoms with Crippen molar-refractivity contribution in [1.29, 1.82) is 0 Å². The van der Waals surface area contributed by atoms with Crippen LogP contribution >= 0.6 is 0 Å². The summed E-state index contributed by atoms with van der Waals surface area (Å²) in [4.78, 5) is 35.5. The van der Waals surface area contributed by atoms with Crippen LogP contribution in [0.1, 0.15) is 29.8 Å². The van der Waals surface area contributed by atoms with E-state index in [0.29, 0.717) is 13.1 Å². The smallest absolute Gasteiger partial charge is 0.359 e. The van der Waals surface area contributed by atoms with Gasteiger partial charge in [0.2, 0.25) is 10.0 Å². The highest BCUT2D eigenvalue weighted by molar-refractivity contribution is 7.89. The fraction of sp³-hybridized carbons (Fsp3) is 0.400. The number of aryl methyl sites for hydroxylation is 1. The van der Waals surface area contributed by atoms with Crippen LogP contribution in [0.3, 0.4) is 0 Å². The van der Waals surface area contributed by atoms with Gasteiger partial charge in [0, 0.05) is 31.9 Å². The number of carbonyl (C=O) groups is 2. The zero-order chi connectivity index (χ0) is 23.3. The maximum absolute atomic E-state index is 13.1. The molecule has 32 heavy (non-hydrogen) atoms. The number of hydrogen-bond donors (Lipinski definition) is 1. The normalized spacial score (nSPS) is 14.6. The van der Waals surface area contributed by atoms with Crippen LogP contribution in [0.25, 0.3) is 0 Å². The summed E-state index contributed by atoms with van der Waals surface area (Å²) in [7, 11) is -1.05. The molecule has 0 aliphatic carbocycles. The van der Waals surface area contributed by atoms with E-state index in [-0.39, 0.29) is 22.0 Å². The molecule has 1 saturated heterocycles.